The first-order valence-electron chi connectivity index (χ1n) is 3.02. The Morgan fingerprint density at radius 1 is 1.50 bits per heavy atom. The number of hydrogen-bond donors (Lipinski definition) is 4. The summed E-state index contributed by atoms with van der Waals surface area (Å²) in [5.74, 6) is 5.13. The molecule has 8 heteroatoms. The lowest BCUT2D eigenvalue weighted by Crippen LogP contribution is -2.18. The molecular weight excluding hydrogens is 188 g/mol. The fourth-order valence-electron chi connectivity index (χ4n) is 0.232. The molecule has 0 rings (SSSR count). The molecule has 0 spiro atoms. The fraction of sp³-hybridized carbons (Fsp3) is 1.00. The Balaban J connectivity index is 0. The standard InChI is InChI=1S/C4H12N2O.H2O4S/c1-4(2-5)3-7-6;1-5(2,3)4/h4H,2-3,5-6H2,1H3;(H2,1,2,3,4). The summed E-state index contributed by atoms with van der Waals surface area (Å²) < 4.78 is 31.6. The van der Waals surface area contributed by atoms with Gasteiger partial charge in [-0.05, 0) is 12.5 Å². The van der Waals surface area contributed by atoms with Crippen LogP contribution in [-0.4, -0.2) is 30.7 Å². The summed E-state index contributed by atoms with van der Waals surface area (Å²) in [6.07, 6.45) is 0. The zero-order valence-electron chi connectivity index (χ0n) is 6.67. The third-order valence-electron chi connectivity index (χ3n) is 0.783. The van der Waals surface area contributed by atoms with Crippen LogP contribution in [0.15, 0.2) is 0 Å². The van der Waals surface area contributed by atoms with Crippen molar-refractivity contribution in [2.45, 2.75) is 6.92 Å². The van der Waals surface area contributed by atoms with Gasteiger partial charge in [0.15, 0.2) is 0 Å². The van der Waals surface area contributed by atoms with Crippen molar-refractivity contribution in [2.24, 2.45) is 17.5 Å². The molecule has 0 saturated carbocycles. The molecule has 0 aliphatic heterocycles. The summed E-state index contributed by atoms with van der Waals surface area (Å²) in [4.78, 5) is 4.31. The Hall–Kier alpha value is -0.250. The second-order valence-electron chi connectivity index (χ2n) is 2.12. The molecule has 0 aromatic rings. The number of rotatable bonds is 3. The maximum absolute atomic E-state index is 8.74. The van der Waals surface area contributed by atoms with Crippen LogP contribution in [-0.2, 0) is 15.2 Å². The monoisotopic (exact) mass is 202 g/mol. The highest BCUT2D eigenvalue weighted by Gasteiger charge is 1.94. The van der Waals surface area contributed by atoms with Crippen molar-refractivity contribution in [1.29, 1.82) is 0 Å². The highest BCUT2D eigenvalue weighted by molar-refractivity contribution is 7.79. The molecule has 0 aromatic carbocycles. The van der Waals surface area contributed by atoms with Crippen molar-refractivity contribution in [3.05, 3.63) is 0 Å². The van der Waals surface area contributed by atoms with E-state index in [1.54, 1.807) is 0 Å². The third kappa shape index (κ3) is 33.1. The highest BCUT2D eigenvalue weighted by Crippen LogP contribution is 1.86. The molecule has 0 aliphatic carbocycles. The molecule has 0 fully saturated rings. The van der Waals surface area contributed by atoms with Crippen molar-refractivity contribution < 1.29 is 22.4 Å². The second-order valence-corrected chi connectivity index (χ2v) is 3.02. The Morgan fingerprint density at radius 2 is 1.83 bits per heavy atom. The van der Waals surface area contributed by atoms with Crippen molar-refractivity contribution >= 4 is 10.4 Å². The quantitative estimate of drug-likeness (QED) is 0.334. The summed E-state index contributed by atoms with van der Waals surface area (Å²) in [5.41, 5.74) is 5.22. The van der Waals surface area contributed by atoms with Crippen LogP contribution in [0.25, 0.3) is 0 Å². The lowest BCUT2D eigenvalue weighted by atomic mass is 10.2. The van der Waals surface area contributed by atoms with Gasteiger partial charge in [-0.3, -0.25) is 9.11 Å². The Labute approximate surface area is 71.2 Å². The minimum absolute atomic E-state index is 0.380. The van der Waals surface area contributed by atoms with Gasteiger partial charge in [0.1, 0.15) is 0 Å². The summed E-state index contributed by atoms with van der Waals surface area (Å²) >= 11 is 0. The zero-order valence-corrected chi connectivity index (χ0v) is 7.49. The van der Waals surface area contributed by atoms with Crippen molar-refractivity contribution in [3.8, 4) is 0 Å². The Kier molecular flexibility index (Phi) is 8.81. The lowest BCUT2D eigenvalue weighted by molar-refractivity contribution is 0.109. The second kappa shape index (κ2) is 7.40. The van der Waals surface area contributed by atoms with Crippen molar-refractivity contribution in [2.75, 3.05) is 13.2 Å². The molecule has 12 heavy (non-hydrogen) atoms. The molecule has 6 N–H and O–H groups in total. The summed E-state index contributed by atoms with van der Waals surface area (Å²) in [5, 5.41) is 0. The molecule has 76 valence electrons. The van der Waals surface area contributed by atoms with E-state index in [0.29, 0.717) is 19.1 Å². The van der Waals surface area contributed by atoms with Crippen LogP contribution < -0.4 is 11.6 Å². The minimum Gasteiger partial charge on any atom is -0.330 e. The average molecular weight is 202 g/mol. The minimum atomic E-state index is -4.67. The van der Waals surface area contributed by atoms with Gasteiger partial charge in [0.2, 0.25) is 0 Å². The zero-order chi connectivity index (χ0) is 10.2. The van der Waals surface area contributed by atoms with Crippen molar-refractivity contribution in [1.82, 2.24) is 0 Å². The fourth-order valence-corrected chi connectivity index (χ4v) is 0.232. The van der Waals surface area contributed by atoms with E-state index >= 15 is 0 Å². The number of nitrogens with two attached hydrogens (primary N) is 2. The molecule has 0 heterocycles. The van der Waals surface area contributed by atoms with E-state index < -0.39 is 10.4 Å². The molecule has 1 atom stereocenters. The van der Waals surface area contributed by atoms with Gasteiger partial charge in [0, 0.05) is 0 Å². The molecule has 0 saturated heterocycles. The van der Waals surface area contributed by atoms with Gasteiger partial charge < -0.3 is 10.6 Å². The van der Waals surface area contributed by atoms with E-state index in [0.717, 1.165) is 0 Å². The van der Waals surface area contributed by atoms with Crippen LogP contribution in [0.1, 0.15) is 6.92 Å². The van der Waals surface area contributed by atoms with E-state index in [9.17, 15) is 0 Å². The van der Waals surface area contributed by atoms with E-state index in [1.165, 1.54) is 0 Å². The predicted molar refractivity (Wildman–Crippen MR) is 42.5 cm³/mol. The van der Waals surface area contributed by atoms with Crippen LogP contribution in [0.4, 0.5) is 0 Å². The summed E-state index contributed by atoms with van der Waals surface area (Å²) in [7, 11) is -4.67. The van der Waals surface area contributed by atoms with Crippen LogP contribution in [0, 0.1) is 5.92 Å². The van der Waals surface area contributed by atoms with E-state index in [-0.39, 0.29) is 0 Å². The van der Waals surface area contributed by atoms with Gasteiger partial charge in [0.05, 0.1) is 6.61 Å². The molecule has 7 nitrogen and oxygen atoms in total. The van der Waals surface area contributed by atoms with Gasteiger partial charge in [0.25, 0.3) is 0 Å². The lowest BCUT2D eigenvalue weighted by Gasteiger charge is -2.02. The maximum Gasteiger partial charge on any atom is 0.394 e. The summed E-state index contributed by atoms with van der Waals surface area (Å²) in [6, 6.07) is 0. The van der Waals surface area contributed by atoms with Gasteiger partial charge in [-0.1, -0.05) is 6.92 Å². The Bertz CT molecular complexity index is 172. The molecule has 0 amide bonds. The highest BCUT2D eigenvalue weighted by atomic mass is 32.3. The van der Waals surface area contributed by atoms with E-state index in [1.807, 2.05) is 6.92 Å². The first kappa shape index (κ1) is 14.3. The number of hydrogen-bond acceptors (Lipinski definition) is 5. The van der Waals surface area contributed by atoms with Gasteiger partial charge in [-0.2, -0.15) is 8.42 Å². The van der Waals surface area contributed by atoms with Crippen LogP contribution >= 0.6 is 0 Å². The van der Waals surface area contributed by atoms with E-state index in [2.05, 4.69) is 4.84 Å². The van der Waals surface area contributed by atoms with Gasteiger partial charge >= 0.3 is 10.4 Å². The van der Waals surface area contributed by atoms with Crippen LogP contribution in [0.5, 0.6) is 0 Å². The average Bonchev–Trinajstić information content (AvgIpc) is 1.85. The largest absolute Gasteiger partial charge is 0.394 e. The molecule has 1 unspecified atom stereocenters. The smallest absolute Gasteiger partial charge is 0.330 e. The molecular formula is C4H14N2O5S. The first-order chi connectivity index (χ1) is 5.31. The van der Waals surface area contributed by atoms with Crippen molar-refractivity contribution in [3.63, 3.8) is 0 Å². The Morgan fingerprint density at radius 3 is 1.92 bits per heavy atom. The van der Waals surface area contributed by atoms with Gasteiger partial charge in [-0.15, -0.1) is 0 Å². The molecule has 0 aliphatic rings. The van der Waals surface area contributed by atoms with E-state index in [4.69, 9.17) is 29.2 Å². The molecule has 0 radical (unpaired) electrons. The SMILES string of the molecule is CC(CN)CON.O=S(=O)(O)O. The summed E-state index contributed by atoms with van der Waals surface area (Å²) in [6.45, 7) is 3.17. The normalized spacial score (nSPS) is 13.1. The maximum atomic E-state index is 8.74. The predicted octanol–water partition coefficient (Wildman–Crippen LogP) is -1.18. The molecule has 0 aromatic heterocycles. The van der Waals surface area contributed by atoms with Crippen LogP contribution in [0.2, 0.25) is 0 Å². The topological polar surface area (TPSA) is 136 Å². The first-order valence-corrected chi connectivity index (χ1v) is 4.42. The van der Waals surface area contributed by atoms with Crippen LogP contribution in [0.3, 0.4) is 0 Å². The molecule has 0 bridgehead atoms. The van der Waals surface area contributed by atoms with Gasteiger partial charge in [-0.25, -0.2) is 5.90 Å². The third-order valence-corrected chi connectivity index (χ3v) is 0.783.